The number of pyridine rings is 1. The smallest absolute Gasteiger partial charge is 0.252 e. The number of nitrogens with one attached hydrogen (secondary N) is 1. The first-order chi connectivity index (χ1) is 10.0. The maximum atomic E-state index is 11.4. The van der Waals surface area contributed by atoms with Crippen molar-refractivity contribution in [3.63, 3.8) is 0 Å². The molecule has 0 bridgehead atoms. The summed E-state index contributed by atoms with van der Waals surface area (Å²) in [5.41, 5.74) is 13.8. The fourth-order valence-corrected chi connectivity index (χ4v) is 2.01. The number of benzene rings is 1. The molecule has 0 aliphatic rings. The Balaban J connectivity index is 2.26. The first kappa shape index (κ1) is 14.6. The molecule has 0 atom stereocenters. The number of nitrogens with zero attached hydrogens (tertiary/aromatic N) is 1. The molecule has 0 radical (unpaired) electrons. The van der Waals surface area contributed by atoms with E-state index in [1.54, 1.807) is 31.4 Å². The fourth-order valence-electron chi connectivity index (χ4n) is 2.01. The maximum absolute atomic E-state index is 11.4. The standard InChI is InChI=1S/C15H18N4O2/c1-9-3-5-12(14(17)20)15(19-9)18-8-10-7-11(16)4-6-13(10)21-2/h3-7H,8,16H2,1-2H3,(H2,17,20)(H,18,19). The van der Waals surface area contributed by atoms with E-state index in [2.05, 4.69) is 10.3 Å². The number of aryl methyl sites for hydroxylation is 1. The van der Waals surface area contributed by atoms with Gasteiger partial charge in [-0.25, -0.2) is 4.98 Å². The number of amides is 1. The minimum absolute atomic E-state index is 0.350. The van der Waals surface area contributed by atoms with Crippen LogP contribution in [0, 0.1) is 6.92 Å². The van der Waals surface area contributed by atoms with E-state index in [0.717, 1.165) is 11.3 Å². The lowest BCUT2D eigenvalue weighted by molar-refractivity contribution is 0.100. The summed E-state index contributed by atoms with van der Waals surface area (Å²) in [6.45, 7) is 2.27. The minimum atomic E-state index is -0.524. The molecule has 2 rings (SSSR count). The largest absolute Gasteiger partial charge is 0.496 e. The molecule has 1 amide bonds. The van der Waals surface area contributed by atoms with Gasteiger partial charge in [0.15, 0.2) is 0 Å². The van der Waals surface area contributed by atoms with Gasteiger partial charge in [0.1, 0.15) is 11.6 Å². The van der Waals surface area contributed by atoms with Gasteiger partial charge in [0, 0.05) is 23.5 Å². The van der Waals surface area contributed by atoms with Crippen LogP contribution >= 0.6 is 0 Å². The lowest BCUT2D eigenvalue weighted by atomic mass is 10.1. The van der Waals surface area contributed by atoms with Crippen molar-refractivity contribution in [2.24, 2.45) is 5.73 Å². The number of nitrogens with two attached hydrogens (primary N) is 2. The molecule has 1 aromatic heterocycles. The molecule has 0 fully saturated rings. The Morgan fingerprint density at radius 1 is 1.33 bits per heavy atom. The molecule has 0 saturated heterocycles. The van der Waals surface area contributed by atoms with E-state index in [1.165, 1.54) is 0 Å². The predicted octanol–water partition coefficient (Wildman–Crippen LogP) is 1.69. The average molecular weight is 286 g/mol. The van der Waals surface area contributed by atoms with Crippen LogP contribution in [0.25, 0.3) is 0 Å². The van der Waals surface area contributed by atoms with Gasteiger partial charge in [-0.1, -0.05) is 0 Å². The van der Waals surface area contributed by atoms with Gasteiger partial charge in [0.2, 0.25) is 0 Å². The van der Waals surface area contributed by atoms with E-state index >= 15 is 0 Å². The lowest BCUT2D eigenvalue weighted by Crippen LogP contribution is -2.16. The van der Waals surface area contributed by atoms with Crippen LogP contribution in [0.1, 0.15) is 21.6 Å². The van der Waals surface area contributed by atoms with Crippen LogP contribution in [-0.2, 0) is 6.54 Å². The molecule has 5 N–H and O–H groups in total. The minimum Gasteiger partial charge on any atom is -0.496 e. The second-order valence-electron chi connectivity index (χ2n) is 4.64. The van der Waals surface area contributed by atoms with Crippen LogP contribution in [0.4, 0.5) is 11.5 Å². The van der Waals surface area contributed by atoms with E-state index < -0.39 is 5.91 Å². The van der Waals surface area contributed by atoms with E-state index in [-0.39, 0.29) is 0 Å². The Labute approximate surface area is 123 Å². The zero-order valence-electron chi connectivity index (χ0n) is 12.0. The number of aromatic nitrogens is 1. The van der Waals surface area contributed by atoms with Gasteiger partial charge < -0.3 is 21.5 Å². The van der Waals surface area contributed by atoms with Crippen molar-refractivity contribution in [3.05, 3.63) is 47.2 Å². The molecule has 0 aliphatic carbocycles. The molecule has 2 aromatic rings. The molecule has 0 spiro atoms. The van der Waals surface area contributed by atoms with Gasteiger partial charge in [0.05, 0.1) is 12.7 Å². The summed E-state index contributed by atoms with van der Waals surface area (Å²) in [5, 5.41) is 3.11. The second-order valence-corrected chi connectivity index (χ2v) is 4.64. The molecule has 1 heterocycles. The third-order valence-corrected chi connectivity index (χ3v) is 3.05. The van der Waals surface area contributed by atoms with Crippen LogP contribution in [0.5, 0.6) is 5.75 Å². The summed E-state index contributed by atoms with van der Waals surface area (Å²) in [6, 6.07) is 8.77. The molecular weight excluding hydrogens is 268 g/mol. The van der Waals surface area contributed by atoms with Crippen LogP contribution in [0.2, 0.25) is 0 Å². The number of ether oxygens (including phenoxy) is 1. The molecule has 6 nitrogen and oxygen atoms in total. The number of rotatable bonds is 5. The Kier molecular flexibility index (Phi) is 4.27. The fraction of sp³-hybridized carbons (Fsp3) is 0.200. The molecule has 0 aliphatic heterocycles. The molecule has 0 saturated carbocycles. The van der Waals surface area contributed by atoms with Gasteiger partial charge in [-0.05, 0) is 37.3 Å². The van der Waals surface area contributed by atoms with Gasteiger partial charge in [0.25, 0.3) is 5.91 Å². The summed E-state index contributed by atoms with van der Waals surface area (Å²) >= 11 is 0. The molecule has 0 unspecified atom stereocenters. The van der Waals surface area contributed by atoms with Gasteiger partial charge >= 0.3 is 0 Å². The van der Waals surface area contributed by atoms with Crippen molar-refractivity contribution < 1.29 is 9.53 Å². The van der Waals surface area contributed by atoms with Crippen LogP contribution in [-0.4, -0.2) is 18.0 Å². The molecule has 1 aromatic carbocycles. The quantitative estimate of drug-likeness (QED) is 0.726. The van der Waals surface area contributed by atoms with Crippen molar-refractivity contribution >= 4 is 17.4 Å². The number of primary amides is 1. The Morgan fingerprint density at radius 3 is 2.76 bits per heavy atom. The van der Waals surface area contributed by atoms with Crippen molar-refractivity contribution in [2.45, 2.75) is 13.5 Å². The molecule has 21 heavy (non-hydrogen) atoms. The normalized spacial score (nSPS) is 10.2. The zero-order chi connectivity index (χ0) is 15.4. The summed E-state index contributed by atoms with van der Waals surface area (Å²) < 4.78 is 5.28. The monoisotopic (exact) mass is 286 g/mol. The summed E-state index contributed by atoms with van der Waals surface area (Å²) in [5.74, 6) is 0.640. The Bertz CT molecular complexity index is 671. The van der Waals surface area contributed by atoms with E-state index in [0.29, 0.717) is 29.4 Å². The number of hydrogen-bond acceptors (Lipinski definition) is 5. The highest BCUT2D eigenvalue weighted by Crippen LogP contribution is 2.22. The average Bonchev–Trinajstić information content (AvgIpc) is 2.45. The highest BCUT2D eigenvalue weighted by molar-refractivity contribution is 5.97. The lowest BCUT2D eigenvalue weighted by Gasteiger charge is -2.13. The molecular formula is C15H18N4O2. The highest BCUT2D eigenvalue weighted by atomic mass is 16.5. The van der Waals surface area contributed by atoms with Gasteiger partial charge in [-0.3, -0.25) is 4.79 Å². The molecule has 110 valence electrons. The van der Waals surface area contributed by atoms with E-state index in [4.69, 9.17) is 16.2 Å². The van der Waals surface area contributed by atoms with Crippen LogP contribution < -0.4 is 21.5 Å². The Morgan fingerprint density at radius 2 is 2.10 bits per heavy atom. The molecule has 6 heteroatoms. The number of carbonyl (C=O) groups is 1. The van der Waals surface area contributed by atoms with Crippen LogP contribution in [0.3, 0.4) is 0 Å². The SMILES string of the molecule is COc1ccc(N)cc1CNc1nc(C)ccc1C(N)=O. The summed E-state index contributed by atoms with van der Waals surface area (Å²) in [6.07, 6.45) is 0. The number of anilines is 2. The highest BCUT2D eigenvalue weighted by Gasteiger charge is 2.11. The van der Waals surface area contributed by atoms with Crippen molar-refractivity contribution in [3.8, 4) is 5.75 Å². The second kappa shape index (κ2) is 6.13. The van der Waals surface area contributed by atoms with Gasteiger partial charge in [-0.15, -0.1) is 0 Å². The van der Waals surface area contributed by atoms with Gasteiger partial charge in [-0.2, -0.15) is 0 Å². The third-order valence-electron chi connectivity index (χ3n) is 3.05. The maximum Gasteiger partial charge on any atom is 0.252 e. The first-order valence-electron chi connectivity index (χ1n) is 6.45. The van der Waals surface area contributed by atoms with Crippen LogP contribution in [0.15, 0.2) is 30.3 Å². The zero-order valence-corrected chi connectivity index (χ0v) is 12.0. The predicted molar refractivity (Wildman–Crippen MR) is 82.2 cm³/mol. The van der Waals surface area contributed by atoms with Crippen molar-refractivity contribution in [1.29, 1.82) is 0 Å². The summed E-state index contributed by atoms with van der Waals surface area (Å²) in [4.78, 5) is 15.7. The van der Waals surface area contributed by atoms with E-state index in [1.807, 2.05) is 13.0 Å². The van der Waals surface area contributed by atoms with Crippen molar-refractivity contribution in [1.82, 2.24) is 4.98 Å². The number of nitrogen functional groups attached to an aromatic ring is 1. The van der Waals surface area contributed by atoms with E-state index in [9.17, 15) is 4.79 Å². The topological polar surface area (TPSA) is 103 Å². The Hall–Kier alpha value is -2.76. The third kappa shape index (κ3) is 3.42. The number of hydrogen-bond donors (Lipinski definition) is 3. The van der Waals surface area contributed by atoms with Crippen molar-refractivity contribution in [2.75, 3.05) is 18.2 Å². The summed E-state index contributed by atoms with van der Waals surface area (Å²) in [7, 11) is 1.59. The number of methoxy groups -OCH3 is 1. The first-order valence-corrected chi connectivity index (χ1v) is 6.45. The number of carbonyl (C=O) groups excluding carboxylic acids is 1.